The van der Waals surface area contributed by atoms with Crippen molar-refractivity contribution >= 4 is 23.2 Å². The van der Waals surface area contributed by atoms with Crippen molar-refractivity contribution in [2.75, 3.05) is 5.32 Å². The van der Waals surface area contributed by atoms with Gasteiger partial charge in [-0.2, -0.15) is 0 Å². The van der Waals surface area contributed by atoms with E-state index in [4.69, 9.17) is 17.3 Å². The first-order chi connectivity index (χ1) is 9.06. The lowest BCUT2D eigenvalue weighted by Gasteiger charge is -2.10. The molecule has 0 unspecified atom stereocenters. The maximum atomic E-state index is 11.0. The summed E-state index contributed by atoms with van der Waals surface area (Å²) in [5.41, 5.74) is 8.93. The van der Waals surface area contributed by atoms with E-state index < -0.39 is 5.91 Å². The van der Waals surface area contributed by atoms with Crippen LogP contribution < -0.4 is 11.1 Å². The van der Waals surface area contributed by atoms with Gasteiger partial charge < -0.3 is 11.1 Å². The minimum atomic E-state index is -0.412. The Morgan fingerprint density at radius 2 is 1.89 bits per heavy atom. The number of aryl methyl sites for hydroxylation is 1. The number of amides is 1. The third kappa shape index (κ3) is 3.48. The van der Waals surface area contributed by atoms with Crippen molar-refractivity contribution in [3.8, 4) is 0 Å². The number of nitrogens with one attached hydrogen (secondary N) is 1. The lowest BCUT2D eigenvalue weighted by atomic mass is 10.1. The zero-order valence-electron chi connectivity index (χ0n) is 10.6. The summed E-state index contributed by atoms with van der Waals surface area (Å²) in [5, 5.41) is 4.02. The Morgan fingerprint density at radius 3 is 2.53 bits per heavy atom. The van der Waals surface area contributed by atoms with Crippen LogP contribution in [0.3, 0.4) is 0 Å². The van der Waals surface area contributed by atoms with Gasteiger partial charge >= 0.3 is 0 Å². The summed E-state index contributed by atoms with van der Waals surface area (Å²) in [6.45, 7) is 2.69. The molecule has 0 radical (unpaired) electrons. The lowest BCUT2D eigenvalue weighted by Crippen LogP contribution is -2.10. The van der Waals surface area contributed by atoms with Gasteiger partial charge in [0.1, 0.15) is 0 Å². The molecule has 2 aromatic carbocycles. The van der Waals surface area contributed by atoms with E-state index in [1.165, 1.54) is 0 Å². The number of rotatable bonds is 4. The van der Waals surface area contributed by atoms with E-state index in [0.29, 0.717) is 17.1 Å². The van der Waals surface area contributed by atoms with Crippen LogP contribution in [0.25, 0.3) is 0 Å². The molecule has 0 heterocycles. The molecule has 1 amide bonds. The first-order valence-corrected chi connectivity index (χ1v) is 6.33. The second-order valence-corrected chi connectivity index (χ2v) is 4.81. The molecule has 2 rings (SSSR count). The summed E-state index contributed by atoms with van der Waals surface area (Å²) in [4.78, 5) is 11.0. The van der Waals surface area contributed by atoms with Crippen LogP contribution in [0.2, 0.25) is 5.02 Å². The number of carbonyl (C=O) groups is 1. The molecule has 0 bridgehead atoms. The number of benzene rings is 2. The van der Waals surface area contributed by atoms with E-state index in [9.17, 15) is 4.79 Å². The van der Waals surface area contributed by atoms with Crippen LogP contribution in [0.4, 0.5) is 5.69 Å². The molecule has 0 saturated carbocycles. The average Bonchev–Trinajstić information content (AvgIpc) is 2.40. The van der Waals surface area contributed by atoms with Gasteiger partial charge in [-0.1, -0.05) is 29.8 Å². The number of nitrogens with two attached hydrogens (primary N) is 1. The maximum absolute atomic E-state index is 11.0. The van der Waals surface area contributed by atoms with E-state index >= 15 is 0 Å². The molecule has 0 aliphatic heterocycles. The molecule has 98 valence electrons. The van der Waals surface area contributed by atoms with Crippen LogP contribution in [0.1, 0.15) is 21.5 Å². The summed E-state index contributed by atoms with van der Waals surface area (Å²) in [5.74, 6) is -0.412. The second kappa shape index (κ2) is 5.76. The van der Waals surface area contributed by atoms with Gasteiger partial charge in [-0.25, -0.2) is 0 Å². The van der Waals surface area contributed by atoms with Gasteiger partial charge in [0, 0.05) is 22.8 Å². The monoisotopic (exact) mass is 274 g/mol. The van der Waals surface area contributed by atoms with Gasteiger partial charge in [0.15, 0.2) is 0 Å². The summed E-state index contributed by atoms with van der Waals surface area (Å²) < 4.78 is 0. The summed E-state index contributed by atoms with van der Waals surface area (Å²) in [7, 11) is 0. The zero-order chi connectivity index (χ0) is 13.8. The van der Waals surface area contributed by atoms with Crippen molar-refractivity contribution in [3.05, 3.63) is 64.2 Å². The lowest BCUT2D eigenvalue weighted by molar-refractivity contribution is 0.100. The average molecular weight is 275 g/mol. The minimum absolute atomic E-state index is 0.412. The number of primary amides is 1. The van der Waals surface area contributed by atoms with E-state index in [1.54, 1.807) is 12.1 Å². The van der Waals surface area contributed by atoms with Gasteiger partial charge in [0.25, 0.3) is 0 Å². The van der Waals surface area contributed by atoms with Gasteiger partial charge in [-0.3, -0.25) is 4.79 Å². The first kappa shape index (κ1) is 13.4. The number of halogens is 1. The molecule has 3 N–H and O–H groups in total. The number of anilines is 1. The highest BCUT2D eigenvalue weighted by Gasteiger charge is 2.01. The third-order valence-corrected chi connectivity index (χ3v) is 3.16. The predicted octanol–water partition coefficient (Wildman–Crippen LogP) is 3.36. The van der Waals surface area contributed by atoms with Crippen molar-refractivity contribution < 1.29 is 4.79 Å². The van der Waals surface area contributed by atoms with Gasteiger partial charge in [0.2, 0.25) is 5.91 Å². The van der Waals surface area contributed by atoms with Gasteiger partial charge in [0.05, 0.1) is 0 Å². The Kier molecular flexibility index (Phi) is 4.07. The minimum Gasteiger partial charge on any atom is -0.381 e. The quantitative estimate of drug-likeness (QED) is 0.898. The van der Waals surface area contributed by atoms with E-state index in [2.05, 4.69) is 5.32 Å². The SMILES string of the molecule is Cc1ccc(Cl)cc1NCc1ccc(C(N)=O)cc1. The molecule has 19 heavy (non-hydrogen) atoms. The fourth-order valence-electron chi connectivity index (χ4n) is 1.77. The summed E-state index contributed by atoms with van der Waals surface area (Å²) in [6.07, 6.45) is 0. The Bertz CT molecular complexity index is 594. The van der Waals surface area contributed by atoms with Crippen molar-refractivity contribution in [1.82, 2.24) is 0 Å². The molecule has 3 nitrogen and oxygen atoms in total. The Morgan fingerprint density at radius 1 is 1.21 bits per heavy atom. The molecule has 0 aromatic heterocycles. The standard InChI is InChI=1S/C15H15ClN2O/c1-10-2-7-13(16)8-14(10)18-9-11-3-5-12(6-4-11)15(17)19/h2-8,18H,9H2,1H3,(H2,17,19). The maximum Gasteiger partial charge on any atom is 0.248 e. The van der Waals surface area contributed by atoms with Crippen LogP contribution in [-0.2, 0) is 6.54 Å². The number of hydrogen-bond acceptors (Lipinski definition) is 2. The fraction of sp³-hybridized carbons (Fsp3) is 0.133. The fourth-order valence-corrected chi connectivity index (χ4v) is 1.94. The van der Waals surface area contributed by atoms with Crippen LogP contribution >= 0.6 is 11.6 Å². The van der Waals surface area contributed by atoms with Crippen LogP contribution in [0.5, 0.6) is 0 Å². The smallest absolute Gasteiger partial charge is 0.248 e. The second-order valence-electron chi connectivity index (χ2n) is 4.37. The highest BCUT2D eigenvalue weighted by molar-refractivity contribution is 6.30. The van der Waals surface area contributed by atoms with Crippen molar-refractivity contribution in [3.63, 3.8) is 0 Å². The third-order valence-electron chi connectivity index (χ3n) is 2.92. The highest BCUT2D eigenvalue weighted by atomic mass is 35.5. The largest absolute Gasteiger partial charge is 0.381 e. The molecule has 0 saturated heterocycles. The molecule has 0 atom stereocenters. The topological polar surface area (TPSA) is 55.1 Å². The Balaban J connectivity index is 2.06. The molecule has 0 aliphatic carbocycles. The highest BCUT2D eigenvalue weighted by Crippen LogP contribution is 2.20. The molecule has 2 aromatic rings. The molecule has 4 heteroatoms. The van der Waals surface area contributed by atoms with Crippen molar-refractivity contribution in [2.24, 2.45) is 5.73 Å². The number of carbonyl (C=O) groups excluding carboxylic acids is 1. The molecular formula is C15H15ClN2O. The molecular weight excluding hydrogens is 260 g/mol. The van der Waals surface area contributed by atoms with Crippen LogP contribution in [-0.4, -0.2) is 5.91 Å². The van der Waals surface area contributed by atoms with Crippen LogP contribution in [0.15, 0.2) is 42.5 Å². The van der Waals surface area contributed by atoms with Crippen molar-refractivity contribution in [2.45, 2.75) is 13.5 Å². The predicted molar refractivity (Wildman–Crippen MR) is 78.5 cm³/mol. The molecule has 0 fully saturated rings. The normalized spacial score (nSPS) is 10.2. The van der Waals surface area contributed by atoms with Gasteiger partial charge in [-0.15, -0.1) is 0 Å². The van der Waals surface area contributed by atoms with E-state index in [-0.39, 0.29) is 0 Å². The van der Waals surface area contributed by atoms with Gasteiger partial charge in [-0.05, 0) is 42.3 Å². The first-order valence-electron chi connectivity index (χ1n) is 5.95. The van der Waals surface area contributed by atoms with Crippen molar-refractivity contribution in [1.29, 1.82) is 0 Å². The molecule has 0 spiro atoms. The Labute approximate surface area is 117 Å². The zero-order valence-corrected chi connectivity index (χ0v) is 11.4. The number of hydrogen-bond donors (Lipinski definition) is 2. The Hall–Kier alpha value is -2.00. The van der Waals surface area contributed by atoms with Crippen LogP contribution in [0, 0.1) is 6.92 Å². The summed E-state index contributed by atoms with van der Waals surface area (Å²) in [6, 6.07) is 13.0. The molecule has 0 aliphatic rings. The summed E-state index contributed by atoms with van der Waals surface area (Å²) >= 11 is 5.96. The van der Waals surface area contributed by atoms with E-state index in [1.807, 2.05) is 37.3 Å². The van der Waals surface area contributed by atoms with E-state index in [0.717, 1.165) is 16.8 Å².